The number of anilines is 1. The largest absolute Gasteiger partial charge is 0.385 e. The zero-order chi connectivity index (χ0) is 8.10. The van der Waals surface area contributed by atoms with Gasteiger partial charge in [-0.1, -0.05) is 12.1 Å². The molecule has 0 saturated heterocycles. The molecule has 0 bridgehead atoms. The van der Waals surface area contributed by atoms with Crippen LogP contribution in [0.15, 0.2) is 24.3 Å². The Kier molecular flexibility index (Phi) is 3.30. The molecule has 0 unspecified atom stereocenters. The van der Waals surface area contributed by atoms with Gasteiger partial charge in [-0.05, 0) is 24.6 Å². The minimum absolute atomic E-state index is 0.812. The van der Waals surface area contributed by atoms with E-state index in [9.17, 15) is 0 Å². The van der Waals surface area contributed by atoms with Crippen LogP contribution in [-0.2, 0) is 5.75 Å². The Morgan fingerprint density at radius 1 is 1.27 bits per heavy atom. The zero-order valence-corrected chi connectivity index (χ0v) is 7.57. The Balaban J connectivity index is 2.66. The van der Waals surface area contributed by atoms with Crippen LogP contribution in [0.25, 0.3) is 0 Å². The lowest BCUT2D eigenvalue weighted by Gasteiger charge is -2.02. The minimum atomic E-state index is 0.812. The van der Waals surface area contributed by atoms with Gasteiger partial charge in [-0.2, -0.15) is 12.6 Å². The summed E-state index contributed by atoms with van der Waals surface area (Å²) in [5.41, 5.74) is 2.44. The van der Waals surface area contributed by atoms with Gasteiger partial charge < -0.3 is 5.32 Å². The molecule has 0 aliphatic rings. The van der Waals surface area contributed by atoms with Gasteiger partial charge in [-0.15, -0.1) is 0 Å². The maximum Gasteiger partial charge on any atom is 0.0340 e. The zero-order valence-electron chi connectivity index (χ0n) is 6.67. The van der Waals surface area contributed by atoms with Crippen LogP contribution in [0.5, 0.6) is 0 Å². The first-order valence-electron chi connectivity index (χ1n) is 3.80. The molecule has 0 amide bonds. The highest BCUT2D eigenvalue weighted by Gasteiger charge is 1.89. The predicted octanol–water partition coefficient (Wildman–Crippen LogP) is 2.55. The molecule has 1 N–H and O–H groups in total. The van der Waals surface area contributed by atoms with E-state index in [1.807, 2.05) is 0 Å². The molecule has 0 aromatic heterocycles. The smallest absolute Gasteiger partial charge is 0.0340 e. The summed E-state index contributed by atoms with van der Waals surface area (Å²) in [5.74, 6) is 0.812. The number of thiol groups is 1. The van der Waals surface area contributed by atoms with Gasteiger partial charge >= 0.3 is 0 Å². The molecule has 1 nitrogen and oxygen atoms in total. The summed E-state index contributed by atoms with van der Waals surface area (Å²) in [4.78, 5) is 0. The Morgan fingerprint density at radius 3 is 2.36 bits per heavy atom. The Morgan fingerprint density at radius 2 is 1.91 bits per heavy atom. The summed E-state index contributed by atoms with van der Waals surface area (Å²) >= 11 is 4.18. The highest BCUT2D eigenvalue weighted by molar-refractivity contribution is 7.79. The second-order valence-corrected chi connectivity index (χ2v) is 2.70. The van der Waals surface area contributed by atoms with Crippen LogP contribution >= 0.6 is 12.6 Å². The highest BCUT2D eigenvalue weighted by atomic mass is 32.1. The number of nitrogens with one attached hydrogen (secondary N) is 1. The lowest BCUT2D eigenvalue weighted by Crippen LogP contribution is -1.95. The van der Waals surface area contributed by atoms with Gasteiger partial charge in [-0.25, -0.2) is 0 Å². The van der Waals surface area contributed by atoms with Crippen LogP contribution in [0.2, 0.25) is 0 Å². The van der Waals surface area contributed by atoms with Crippen molar-refractivity contribution in [1.29, 1.82) is 0 Å². The van der Waals surface area contributed by atoms with Gasteiger partial charge in [0.1, 0.15) is 0 Å². The normalized spacial score (nSPS) is 9.64. The number of rotatable bonds is 3. The molecule has 0 heterocycles. The summed E-state index contributed by atoms with van der Waals surface area (Å²) in [7, 11) is 0. The first-order chi connectivity index (χ1) is 5.36. The third-order valence-electron chi connectivity index (χ3n) is 1.52. The van der Waals surface area contributed by atoms with Gasteiger partial charge in [0, 0.05) is 18.0 Å². The molecule has 0 fully saturated rings. The molecule has 0 radical (unpaired) electrons. The summed E-state index contributed by atoms with van der Waals surface area (Å²) in [6.45, 7) is 3.06. The fourth-order valence-electron chi connectivity index (χ4n) is 0.932. The van der Waals surface area contributed by atoms with E-state index in [2.05, 4.69) is 49.1 Å². The van der Waals surface area contributed by atoms with E-state index >= 15 is 0 Å². The van der Waals surface area contributed by atoms with Crippen molar-refractivity contribution in [2.45, 2.75) is 12.7 Å². The monoisotopic (exact) mass is 167 g/mol. The number of hydrogen-bond donors (Lipinski definition) is 2. The third-order valence-corrected chi connectivity index (χ3v) is 1.88. The standard InChI is InChI=1S/C9H13NS/c1-2-10-9-5-3-8(7-11)4-6-9/h3-6,10-11H,2,7H2,1H3. The molecule has 1 aromatic rings. The third kappa shape index (κ3) is 2.46. The summed E-state index contributed by atoms with van der Waals surface area (Å²) in [5, 5.41) is 3.23. The average Bonchev–Trinajstić information content (AvgIpc) is 2.07. The van der Waals surface area contributed by atoms with Gasteiger partial charge in [0.2, 0.25) is 0 Å². The van der Waals surface area contributed by atoms with Crippen molar-refractivity contribution >= 4 is 18.3 Å². The molecule has 1 rings (SSSR count). The van der Waals surface area contributed by atoms with Crippen LogP contribution in [0, 0.1) is 0 Å². The van der Waals surface area contributed by atoms with E-state index < -0.39 is 0 Å². The fourth-order valence-corrected chi connectivity index (χ4v) is 1.14. The van der Waals surface area contributed by atoms with E-state index in [4.69, 9.17) is 0 Å². The quantitative estimate of drug-likeness (QED) is 0.659. The lowest BCUT2D eigenvalue weighted by molar-refractivity contribution is 1.21. The SMILES string of the molecule is CCNc1ccc(CS)cc1. The Bertz CT molecular complexity index is 205. The van der Waals surface area contributed by atoms with Gasteiger partial charge in [0.05, 0.1) is 0 Å². The van der Waals surface area contributed by atoms with Crippen molar-refractivity contribution < 1.29 is 0 Å². The van der Waals surface area contributed by atoms with Crippen LogP contribution in [0.1, 0.15) is 12.5 Å². The van der Waals surface area contributed by atoms with E-state index in [0.29, 0.717) is 0 Å². The van der Waals surface area contributed by atoms with Crippen molar-refractivity contribution in [3.8, 4) is 0 Å². The predicted molar refractivity (Wildman–Crippen MR) is 53.3 cm³/mol. The first-order valence-corrected chi connectivity index (χ1v) is 4.43. The Hall–Kier alpha value is -0.630. The first kappa shape index (κ1) is 8.47. The van der Waals surface area contributed by atoms with Crippen molar-refractivity contribution in [3.05, 3.63) is 29.8 Å². The lowest BCUT2D eigenvalue weighted by atomic mass is 10.2. The van der Waals surface area contributed by atoms with Crippen molar-refractivity contribution in [1.82, 2.24) is 0 Å². The molecule has 1 aromatic carbocycles. The van der Waals surface area contributed by atoms with E-state index in [-0.39, 0.29) is 0 Å². The van der Waals surface area contributed by atoms with Crippen LogP contribution in [0.3, 0.4) is 0 Å². The van der Waals surface area contributed by atoms with E-state index in [0.717, 1.165) is 12.3 Å². The summed E-state index contributed by atoms with van der Waals surface area (Å²) < 4.78 is 0. The molecule has 0 spiro atoms. The molecule has 60 valence electrons. The highest BCUT2D eigenvalue weighted by Crippen LogP contribution is 2.10. The Labute approximate surface area is 73.2 Å². The molecule has 11 heavy (non-hydrogen) atoms. The molecule has 0 aliphatic carbocycles. The van der Waals surface area contributed by atoms with Crippen LogP contribution in [0.4, 0.5) is 5.69 Å². The molecule has 0 aliphatic heterocycles. The van der Waals surface area contributed by atoms with Crippen LogP contribution in [-0.4, -0.2) is 6.54 Å². The number of hydrogen-bond acceptors (Lipinski definition) is 2. The maximum atomic E-state index is 4.18. The molecule has 0 saturated carbocycles. The second kappa shape index (κ2) is 4.29. The summed E-state index contributed by atoms with van der Waals surface area (Å²) in [6.07, 6.45) is 0. The number of benzene rings is 1. The molecular formula is C9H13NS. The van der Waals surface area contributed by atoms with Crippen LogP contribution < -0.4 is 5.32 Å². The topological polar surface area (TPSA) is 12.0 Å². The minimum Gasteiger partial charge on any atom is -0.385 e. The molecule has 2 heteroatoms. The van der Waals surface area contributed by atoms with Gasteiger partial charge in [-0.3, -0.25) is 0 Å². The second-order valence-electron chi connectivity index (χ2n) is 2.39. The van der Waals surface area contributed by atoms with E-state index in [1.54, 1.807) is 0 Å². The van der Waals surface area contributed by atoms with Crippen molar-refractivity contribution in [3.63, 3.8) is 0 Å². The average molecular weight is 167 g/mol. The van der Waals surface area contributed by atoms with Crippen molar-refractivity contribution in [2.24, 2.45) is 0 Å². The van der Waals surface area contributed by atoms with E-state index in [1.165, 1.54) is 11.3 Å². The van der Waals surface area contributed by atoms with Crippen molar-refractivity contribution in [2.75, 3.05) is 11.9 Å². The molecule has 0 atom stereocenters. The molecular weight excluding hydrogens is 154 g/mol. The van der Waals surface area contributed by atoms with Gasteiger partial charge in [0.25, 0.3) is 0 Å². The van der Waals surface area contributed by atoms with Gasteiger partial charge in [0.15, 0.2) is 0 Å². The maximum absolute atomic E-state index is 4.18. The summed E-state index contributed by atoms with van der Waals surface area (Å²) in [6, 6.07) is 8.33. The fraction of sp³-hybridized carbons (Fsp3) is 0.333.